The fraction of sp³-hybridized carbons (Fsp3) is 0.341. The van der Waals surface area contributed by atoms with Crippen molar-refractivity contribution in [3.63, 3.8) is 0 Å². The first-order chi connectivity index (χ1) is 26.3. The second-order valence-electron chi connectivity index (χ2n) is 15.7. The maximum atomic E-state index is 15.2. The van der Waals surface area contributed by atoms with Gasteiger partial charge in [-0.3, -0.25) is 0 Å². The molecule has 9 rings (SSSR count). The Hall–Kier alpha value is -4.73. The number of nitrogens with zero attached hydrogens (tertiary/aromatic N) is 3. The summed E-state index contributed by atoms with van der Waals surface area (Å²) in [5.41, 5.74) is 1.68. The molecule has 0 radical (unpaired) electrons. The lowest BCUT2D eigenvalue weighted by Crippen LogP contribution is -2.60. The molecular weight excluding hydrogens is 731 g/mol. The zero-order chi connectivity index (χ0) is 39.0. The van der Waals surface area contributed by atoms with Gasteiger partial charge in [0.25, 0.3) is 20.0 Å². The van der Waals surface area contributed by atoms with Crippen LogP contribution in [-0.4, -0.2) is 44.9 Å². The molecular formula is C44H45N3O6S2. The number of fused-ring (bicyclic) bond motifs is 3. The number of allylic oxidation sites excluding steroid dienone is 1. The number of benzene rings is 4. The van der Waals surface area contributed by atoms with Gasteiger partial charge in [-0.2, -0.15) is 5.26 Å². The smallest absolute Gasteiger partial charge is 0.268 e. The normalized spacial score (nSPS) is 26.2. The first-order valence-electron chi connectivity index (χ1n) is 18.7. The Labute approximate surface area is 323 Å². The quantitative estimate of drug-likeness (QED) is 0.166. The number of hydrogen-bond acceptors (Lipinski definition) is 7. The average molecular weight is 776 g/mol. The van der Waals surface area contributed by atoms with Crippen LogP contribution >= 0.6 is 0 Å². The van der Waals surface area contributed by atoms with E-state index in [2.05, 4.69) is 26.8 Å². The van der Waals surface area contributed by atoms with Gasteiger partial charge in [-0.25, -0.2) is 25.1 Å². The molecule has 284 valence electrons. The van der Waals surface area contributed by atoms with Crippen molar-refractivity contribution in [1.82, 2.24) is 3.97 Å². The molecule has 1 saturated carbocycles. The highest BCUT2D eigenvalue weighted by atomic mass is 32.2. The van der Waals surface area contributed by atoms with E-state index in [1.54, 1.807) is 71.0 Å². The van der Waals surface area contributed by atoms with Crippen LogP contribution in [0, 0.1) is 28.6 Å². The molecule has 9 nitrogen and oxygen atoms in total. The standard InChI is InChI=1S/C42H42N2O6S2.C2H3N/c1-28-26-34-37(40(2,3)27-28)38(39-32(22-24-45)31-18-10-12-20-35(31)43(39)51(46,47)29-14-6-4-7-15-29)41-23-25-50-42(34,41)44(36-21-13-11-19-33(36)41)52(48,49)30-16-8-5-9-17-30;1-2-3/h4-21,26,34,37-38,45H,22-25,27H2,1-3H3;1H3/t34-,37+,38+,41-,42-;/m0./s1. The van der Waals surface area contributed by atoms with E-state index in [-0.39, 0.29) is 28.7 Å². The van der Waals surface area contributed by atoms with Crippen molar-refractivity contribution in [3.05, 3.63) is 138 Å². The first-order valence-corrected chi connectivity index (χ1v) is 21.6. The number of aliphatic hydroxyl groups excluding tert-OH is 1. The van der Waals surface area contributed by atoms with Crippen LogP contribution in [0.5, 0.6) is 0 Å². The van der Waals surface area contributed by atoms with Crippen LogP contribution in [0.1, 0.15) is 63.3 Å². The number of rotatable bonds is 7. The summed E-state index contributed by atoms with van der Waals surface area (Å²) in [6.07, 6.45) is 3.69. The minimum Gasteiger partial charge on any atom is -0.396 e. The second kappa shape index (κ2) is 13.2. The number of aromatic nitrogens is 1. The van der Waals surface area contributed by atoms with Crippen molar-refractivity contribution >= 4 is 36.6 Å². The molecule has 1 saturated heterocycles. The van der Waals surface area contributed by atoms with Crippen LogP contribution in [0.3, 0.4) is 0 Å². The maximum Gasteiger partial charge on any atom is 0.268 e. The third-order valence-corrected chi connectivity index (χ3v) is 15.9. The molecule has 2 fully saturated rings. The molecule has 1 aromatic heterocycles. The third-order valence-electron chi connectivity index (χ3n) is 12.4. The predicted octanol–water partition coefficient (Wildman–Crippen LogP) is 7.91. The Balaban J connectivity index is 0.00000138. The van der Waals surface area contributed by atoms with Crippen LogP contribution in [0.15, 0.2) is 131 Å². The fourth-order valence-corrected chi connectivity index (χ4v) is 14.4. The molecule has 5 atom stereocenters. The Morgan fingerprint density at radius 1 is 0.855 bits per heavy atom. The number of ether oxygens (including phenoxy) is 1. The van der Waals surface area contributed by atoms with Gasteiger partial charge in [0.05, 0.1) is 39.1 Å². The minimum absolute atomic E-state index is 0.160. The van der Waals surface area contributed by atoms with Crippen LogP contribution in [-0.2, 0) is 36.6 Å². The molecule has 11 heteroatoms. The van der Waals surface area contributed by atoms with E-state index in [4.69, 9.17) is 10.00 Å². The SMILES string of the molecule is CC#N.CC1=C[C@H]2[C@H]([C@H](c3c(CCO)c4ccccc4n3S(=O)(=O)c3ccccc3)[C@@]34CCO[C@@]23N(S(=O)(=O)c2ccccc2)c2ccccc24)C(C)(C)C1. The van der Waals surface area contributed by atoms with Crippen molar-refractivity contribution in [3.8, 4) is 6.07 Å². The summed E-state index contributed by atoms with van der Waals surface area (Å²) in [7, 11) is -8.39. The number of aliphatic hydroxyl groups is 1. The molecule has 2 aliphatic carbocycles. The van der Waals surface area contributed by atoms with E-state index in [0.717, 1.165) is 28.5 Å². The van der Waals surface area contributed by atoms with Gasteiger partial charge >= 0.3 is 0 Å². The Morgan fingerprint density at radius 3 is 2.09 bits per heavy atom. The largest absolute Gasteiger partial charge is 0.396 e. The highest BCUT2D eigenvalue weighted by molar-refractivity contribution is 7.93. The van der Waals surface area contributed by atoms with Gasteiger partial charge in [0, 0.05) is 36.4 Å². The molecule has 0 bridgehead atoms. The van der Waals surface area contributed by atoms with Crippen molar-refractivity contribution in [2.45, 2.75) is 73.8 Å². The molecule has 0 spiro atoms. The molecule has 3 heterocycles. The van der Waals surface area contributed by atoms with Crippen molar-refractivity contribution < 1.29 is 26.7 Å². The summed E-state index contributed by atoms with van der Waals surface area (Å²) in [6.45, 7) is 8.10. The van der Waals surface area contributed by atoms with Crippen molar-refractivity contribution in [1.29, 1.82) is 5.26 Å². The summed E-state index contributed by atoms with van der Waals surface area (Å²) in [5.74, 6) is -1.20. The molecule has 0 unspecified atom stereocenters. The Bertz CT molecular complexity index is 2600. The predicted molar refractivity (Wildman–Crippen MR) is 212 cm³/mol. The van der Waals surface area contributed by atoms with Crippen LogP contribution < -0.4 is 4.31 Å². The van der Waals surface area contributed by atoms with E-state index in [0.29, 0.717) is 29.9 Å². The summed E-state index contributed by atoms with van der Waals surface area (Å²) in [4.78, 5) is 0.329. The number of hydrogen-bond donors (Lipinski definition) is 1. The lowest BCUT2D eigenvalue weighted by atomic mass is 9.59. The summed E-state index contributed by atoms with van der Waals surface area (Å²) in [6, 6.07) is 34.0. The van der Waals surface area contributed by atoms with E-state index < -0.39 is 48.4 Å². The molecule has 4 aliphatic rings. The monoisotopic (exact) mass is 775 g/mol. The van der Waals surface area contributed by atoms with Crippen LogP contribution in [0.25, 0.3) is 10.9 Å². The summed E-state index contributed by atoms with van der Waals surface area (Å²) < 4.78 is 71.1. The average Bonchev–Trinajstić information content (AvgIpc) is 3.84. The summed E-state index contributed by atoms with van der Waals surface area (Å²) >= 11 is 0. The van der Waals surface area contributed by atoms with E-state index in [1.165, 1.54) is 10.9 Å². The highest BCUT2D eigenvalue weighted by Gasteiger charge is 2.82. The van der Waals surface area contributed by atoms with Gasteiger partial charge in [0.15, 0.2) is 5.72 Å². The molecule has 55 heavy (non-hydrogen) atoms. The van der Waals surface area contributed by atoms with E-state index in [1.807, 2.05) is 48.5 Å². The zero-order valence-electron chi connectivity index (χ0n) is 31.4. The number of nitriles is 1. The van der Waals surface area contributed by atoms with Gasteiger partial charge in [-0.15, -0.1) is 0 Å². The van der Waals surface area contributed by atoms with Gasteiger partial charge in [-0.1, -0.05) is 98.3 Å². The first kappa shape index (κ1) is 37.2. The van der Waals surface area contributed by atoms with E-state index in [9.17, 15) is 5.11 Å². The zero-order valence-corrected chi connectivity index (χ0v) is 33.0. The Morgan fingerprint density at radius 2 is 1.44 bits per heavy atom. The molecule has 5 aromatic rings. The highest BCUT2D eigenvalue weighted by Crippen LogP contribution is 2.78. The topological polar surface area (TPSA) is 130 Å². The lowest BCUT2D eigenvalue weighted by Gasteiger charge is -2.47. The number of anilines is 1. The van der Waals surface area contributed by atoms with Crippen LogP contribution in [0.2, 0.25) is 0 Å². The van der Waals surface area contributed by atoms with Gasteiger partial charge in [0.1, 0.15) is 0 Å². The second-order valence-corrected chi connectivity index (χ2v) is 19.3. The Kier molecular flexibility index (Phi) is 8.93. The van der Waals surface area contributed by atoms with E-state index >= 15 is 16.8 Å². The maximum absolute atomic E-state index is 15.2. The summed E-state index contributed by atoms with van der Waals surface area (Å²) in [5, 5.41) is 18.7. The van der Waals surface area contributed by atoms with Gasteiger partial charge in [-0.05, 0) is 85.0 Å². The number of para-hydroxylation sites is 2. The van der Waals surface area contributed by atoms with Crippen LogP contribution in [0.4, 0.5) is 5.69 Å². The van der Waals surface area contributed by atoms with Crippen molar-refractivity contribution in [2.24, 2.45) is 17.3 Å². The molecule has 0 amide bonds. The fourth-order valence-electron chi connectivity index (χ4n) is 11.0. The lowest BCUT2D eigenvalue weighted by molar-refractivity contribution is -0.0406. The molecule has 2 aliphatic heterocycles. The number of sulfonamides is 1. The van der Waals surface area contributed by atoms with Crippen molar-refractivity contribution in [2.75, 3.05) is 17.5 Å². The molecule has 1 N–H and O–H groups in total. The molecule has 4 aromatic carbocycles. The third kappa shape index (κ3) is 5.01. The minimum atomic E-state index is -4.20. The van der Waals surface area contributed by atoms with Gasteiger partial charge < -0.3 is 9.84 Å². The van der Waals surface area contributed by atoms with Gasteiger partial charge in [0.2, 0.25) is 0 Å².